The van der Waals surface area contributed by atoms with Crippen LogP contribution >= 0.6 is 12.6 Å². The molecule has 2 atom stereocenters. The lowest BCUT2D eigenvalue weighted by atomic mass is 9.86. The van der Waals surface area contributed by atoms with E-state index in [0.29, 0.717) is 44.3 Å². The van der Waals surface area contributed by atoms with Crippen LogP contribution in [0.5, 0.6) is 0 Å². The monoisotopic (exact) mass is 503 g/mol. The third-order valence-corrected chi connectivity index (χ3v) is 8.12. The minimum Gasteiger partial charge on any atom is -0.299 e. The number of alkyl halides is 3. The summed E-state index contributed by atoms with van der Waals surface area (Å²) in [7, 11) is 0. The standard InChI is InChI=1S/C26H28F3N3O2S/c27-26(28,29)21-7-2-1-5-18(21)16-10-12-31(13-11-16)14-17-4-3-6-19-20(17)15-32(25(19)35)22-8-9-23(33)30-24(22)34/h1-7,16,22,25,35H,8-15H2,(H,30,33,34). The van der Waals surface area contributed by atoms with E-state index in [4.69, 9.17) is 12.6 Å². The Labute approximate surface area is 208 Å². The molecule has 2 saturated heterocycles. The molecule has 5 rings (SSSR count). The molecular formula is C26H28F3N3O2S. The normalized spacial score (nSPS) is 24.5. The number of benzene rings is 2. The van der Waals surface area contributed by atoms with Gasteiger partial charge in [0.15, 0.2) is 0 Å². The van der Waals surface area contributed by atoms with Crippen molar-refractivity contribution in [1.29, 1.82) is 0 Å². The van der Waals surface area contributed by atoms with Crippen LogP contribution in [0.2, 0.25) is 0 Å². The Morgan fingerprint density at radius 1 is 0.971 bits per heavy atom. The summed E-state index contributed by atoms with van der Waals surface area (Å²) in [5.74, 6) is -0.605. The van der Waals surface area contributed by atoms with Crippen molar-refractivity contribution in [3.8, 4) is 0 Å². The number of hydrogen-bond donors (Lipinski definition) is 2. The van der Waals surface area contributed by atoms with Crippen LogP contribution in [0.15, 0.2) is 42.5 Å². The number of hydrogen-bond acceptors (Lipinski definition) is 5. The summed E-state index contributed by atoms with van der Waals surface area (Å²) in [5.41, 5.74) is 3.27. The average molecular weight is 504 g/mol. The number of carbonyl (C=O) groups excluding carboxylic acids is 2. The average Bonchev–Trinajstić information content (AvgIpc) is 3.16. The molecule has 3 heterocycles. The van der Waals surface area contributed by atoms with Crippen molar-refractivity contribution >= 4 is 24.4 Å². The molecule has 0 aliphatic carbocycles. The van der Waals surface area contributed by atoms with Gasteiger partial charge in [-0.25, -0.2) is 0 Å². The number of rotatable bonds is 4. The molecule has 9 heteroatoms. The van der Waals surface area contributed by atoms with Crippen LogP contribution in [-0.2, 0) is 28.9 Å². The fourth-order valence-electron chi connectivity index (χ4n) is 5.72. The fourth-order valence-corrected chi connectivity index (χ4v) is 6.20. The van der Waals surface area contributed by atoms with Gasteiger partial charge in [0.25, 0.3) is 0 Å². The first kappa shape index (κ1) is 24.3. The Morgan fingerprint density at radius 3 is 2.40 bits per heavy atom. The zero-order valence-corrected chi connectivity index (χ0v) is 20.1. The minimum atomic E-state index is -4.34. The molecule has 0 bridgehead atoms. The highest BCUT2D eigenvalue weighted by Crippen LogP contribution is 2.42. The highest BCUT2D eigenvalue weighted by Gasteiger charge is 2.40. The minimum absolute atomic E-state index is 0.101. The number of halogens is 3. The molecule has 35 heavy (non-hydrogen) atoms. The zero-order valence-electron chi connectivity index (χ0n) is 19.2. The van der Waals surface area contributed by atoms with Crippen LogP contribution < -0.4 is 5.32 Å². The smallest absolute Gasteiger partial charge is 0.299 e. The SMILES string of the molecule is O=C1CCC(N2Cc3c(CN4CCC(c5ccccc5C(F)(F)F)CC4)cccc3C2S)C(=O)N1. The molecular weight excluding hydrogens is 475 g/mol. The van der Waals surface area contributed by atoms with E-state index in [1.807, 2.05) is 17.0 Å². The fraction of sp³-hybridized carbons (Fsp3) is 0.462. The number of thiol groups is 1. The summed E-state index contributed by atoms with van der Waals surface area (Å²) in [5, 5.41) is 2.21. The van der Waals surface area contributed by atoms with Gasteiger partial charge in [-0.05, 0) is 66.6 Å². The molecule has 3 aliphatic rings. The lowest BCUT2D eigenvalue weighted by Gasteiger charge is -2.33. The maximum absolute atomic E-state index is 13.5. The number of fused-ring (bicyclic) bond motifs is 1. The van der Waals surface area contributed by atoms with Gasteiger partial charge in [0.2, 0.25) is 11.8 Å². The zero-order chi connectivity index (χ0) is 24.7. The third-order valence-electron chi connectivity index (χ3n) is 7.54. The molecule has 186 valence electrons. The van der Waals surface area contributed by atoms with Crippen molar-refractivity contribution in [2.45, 2.75) is 62.3 Å². The lowest BCUT2D eigenvalue weighted by Crippen LogP contribution is -2.51. The predicted molar refractivity (Wildman–Crippen MR) is 129 cm³/mol. The number of likely N-dealkylation sites (tertiary alicyclic amines) is 1. The Bertz CT molecular complexity index is 1130. The van der Waals surface area contributed by atoms with E-state index in [1.54, 1.807) is 12.1 Å². The molecule has 1 N–H and O–H groups in total. The maximum Gasteiger partial charge on any atom is 0.416 e. The van der Waals surface area contributed by atoms with Gasteiger partial charge >= 0.3 is 6.18 Å². The summed E-state index contributed by atoms with van der Waals surface area (Å²) in [6, 6.07) is 11.6. The van der Waals surface area contributed by atoms with Crippen molar-refractivity contribution < 1.29 is 22.8 Å². The molecule has 2 fully saturated rings. The highest BCUT2D eigenvalue weighted by molar-refractivity contribution is 7.80. The highest BCUT2D eigenvalue weighted by atomic mass is 32.1. The van der Waals surface area contributed by atoms with Crippen molar-refractivity contribution in [3.05, 3.63) is 70.3 Å². The largest absolute Gasteiger partial charge is 0.416 e. The van der Waals surface area contributed by atoms with Gasteiger partial charge in [-0.3, -0.25) is 24.7 Å². The first-order valence-electron chi connectivity index (χ1n) is 12.0. The van der Waals surface area contributed by atoms with E-state index in [2.05, 4.69) is 16.3 Å². The van der Waals surface area contributed by atoms with Crippen molar-refractivity contribution in [2.75, 3.05) is 13.1 Å². The van der Waals surface area contributed by atoms with Gasteiger partial charge in [-0.2, -0.15) is 25.8 Å². The topological polar surface area (TPSA) is 52.7 Å². The van der Waals surface area contributed by atoms with Gasteiger partial charge in [-0.15, -0.1) is 0 Å². The van der Waals surface area contributed by atoms with Crippen LogP contribution in [-0.4, -0.2) is 40.7 Å². The van der Waals surface area contributed by atoms with Crippen LogP contribution in [0.25, 0.3) is 0 Å². The van der Waals surface area contributed by atoms with Gasteiger partial charge in [-0.1, -0.05) is 36.4 Å². The predicted octanol–water partition coefficient (Wildman–Crippen LogP) is 4.63. The molecule has 0 saturated carbocycles. The van der Waals surface area contributed by atoms with Gasteiger partial charge in [0.05, 0.1) is 17.0 Å². The van der Waals surface area contributed by atoms with E-state index in [1.165, 1.54) is 12.1 Å². The van der Waals surface area contributed by atoms with Crippen molar-refractivity contribution in [3.63, 3.8) is 0 Å². The van der Waals surface area contributed by atoms with E-state index >= 15 is 0 Å². The molecule has 2 aromatic carbocycles. The Balaban J connectivity index is 1.26. The molecule has 2 unspecified atom stereocenters. The third kappa shape index (κ3) is 4.86. The molecule has 0 aromatic heterocycles. The van der Waals surface area contributed by atoms with Crippen LogP contribution in [0.1, 0.15) is 64.8 Å². The maximum atomic E-state index is 13.5. The first-order valence-corrected chi connectivity index (χ1v) is 12.5. The number of piperidine rings is 2. The van der Waals surface area contributed by atoms with E-state index in [9.17, 15) is 22.8 Å². The van der Waals surface area contributed by atoms with Crippen LogP contribution in [0.3, 0.4) is 0 Å². The van der Waals surface area contributed by atoms with Crippen LogP contribution in [0, 0.1) is 0 Å². The lowest BCUT2D eigenvalue weighted by molar-refractivity contribution is -0.139. The second-order valence-electron chi connectivity index (χ2n) is 9.63. The number of nitrogens with one attached hydrogen (secondary N) is 1. The summed E-state index contributed by atoms with van der Waals surface area (Å²) in [4.78, 5) is 28.3. The Morgan fingerprint density at radius 2 is 1.69 bits per heavy atom. The number of carbonyl (C=O) groups is 2. The number of nitrogens with zero attached hydrogens (tertiary/aromatic N) is 2. The summed E-state index contributed by atoms with van der Waals surface area (Å²) in [6.45, 7) is 2.74. The molecule has 2 aromatic rings. The molecule has 0 spiro atoms. The van der Waals surface area contributed by atoms with E-state index < -0.39 is 11.7 Å². The van der Waals surface area contributed by atoms with Crippen LogP contribution in [0.4, 0.5) is 13.2 Å². The number of amides is 2. The van der Waals surface area contributed by atoms with Gasteiger partial charge < -0.3 is 0 Å². The quantitative estimate of drug-likeness (QED) is 0.472. The van der Waals surface area contributed by atoms with Gasteiger partial charge in [0.1, 0.15) is 0 Å². The van der Waals surface area contributed by atoms with E-state index in [-0.39, 0.29) is 29.1 Å². The molecule has 0 radical (unpaired) electrons. The second kappa shape index (κ2) is 9.59. The Hall–Kier alpha value is -2.36. The van der Waals surface area contributed by atoms with Crippen molar-refractivity contribution in [2.24, 2.45) is 0 Å². The second-order valence-corrected chi connectivity index (χ2v) is 10.1. The van der Waals surface area contributed by atoms with Crippen molar-refractivity contribution in [1.82, 2.24) is 15.1 Å². The molecule has 5 nitrogen and oxygen atoms in total. The summed E-state index contributed by atoms with van der Waals surface area (Å²) in [6.07, 6.45) is -2.17. The summed E-state index contributed by atoms with van der Waals surface area (Å²) < 4.78 is 40.4. The molecule has 2 amide bonds. The summed E-state index contributed by atoms with van der Waals surface area (Å²) >= 11 is 4.79. The number of imide groups is 1. The first-order chi connectivity index (χ1) is 16.7. The Kier molecular flexibility index (Phi) is 6.67. The molecule has 3 aliphatic heterocycles. The van der Waals surface area contributed by atoms with Gasteiger partial charge in [0, 0.05) is 19.5 Å². The van der Waals surface area contributed by atoms with E-state index in [0.717, 1.165) is 29.8 Å².